The number of fused-ring (bicyclic) bond motifs is 1. The molecule has 0 saturated heterocycles. The lowest BCUT2D eigenvalue weighted by atomic mass is 10.2. The normalized spacial score (nSPS) is 11.0. The third kappa shape index (κ3) is 2.37. The molecule has 0 aliphatic rings. The van der Waals surface area contributed by atoms with E-state index in [4.69, 9.17) is 9.15 Å². The number of rotatable bonds is 4. The molecule has 0 unspecified atom stereocenters. The number of para-hydroxylation sites is 2. The summed E-state index contributed by atoms with van der Waals surface area (Å²) in [7, 11) is 1.32. The third-order valence-electron chi connectivity index (χ3n) is 3.17. The van der Waals surface area contributed by atoms with E-state index in [1.54, 1.807) is 4.68 Å². The van der Waals surface area contributed by atoms with Gasteiger partial charge in [0.1, 0.15) is 12.1 Å². The topological polar surface area (TPSA) is 83.0 Å². The molecule has 0 radical (unpaired) electrons. The van der Waals surface area contributed by atoms with Crippen molar-refractivity contribution in [2.75, 3.05) is 7.11 Å². The highest BCUT2D eigenvalue weighted by molar-refractivity contribution is 5.88. The second kappa shape index (κ2) is 5.35. The zero-order valence-electron chi connectivity index (χ0n) is 11.7. The Kier molecular flexibility index (Phi) is 3.39. The lowest BCUT2D eigenvalue weighted by Gasteiger charge is -2.02. The predicted molar refractivity (Wildman–Crippen MR) is 73.9 cm³/mol. The summed E-state index contributed by atoms with van der Waals surface area (Å²) in [5.74, 6) is 0.0304. The van der Waals surface area contributed by atoms with E-state index in [0.717, 1.165) is 11.1 Å². The maximum absolute atomic E-state index is 11.6. The summed E-state index contributed by atoms with van der Waals surface area (Å²) in [4.78, 5) is 16.0. The zero-order valence-corrected chi connectivity index (χ0v) is 11.7. The highest BCUT2D eigenvalue weighted by Gasteiger charge is 2.20. The van der Waals surface area contributed by atoms with E-state index in [-0.39, 0.29) is 5.69 Å². The van der Waals surface area contributed by atoms with E-state index in [1.807, 2.05) is 31.2 Å². The third-order valence-corrected chi connectivity index (χ3v) is 3.17. The van der Waals surface area contributed by atoms with Crippen LogP contribution in [0.3, 0.4) is 0 Å². The molecule has 3 rings (SSSR count). The van der Waals surface area contributed by atoms with Crippen molar-refractivity contribution in [3.05, 3.63) is 41.5 Å². The molecule has 0 atom stereocenters. The number of benzene rings is 1. The van der Waals surface area contributed by atoms with Crippen molar-refractivity contribution in [3.8, 4) is 0 Å². The molecule has 0 fully saturated rings. The molecule has 108 valence electrons. The highest BCUT2D eigenvalue weighted by Crippen LogP contribution is 2.16. The van der Waals surface area contributed by atoms with E-state index in [1.165, 1.54) is 7.11 Å². The lowest BCUT2D eigenvalue weighted by Crippen LogP contribution is -2.10. The number of esters is 1. The van der Waals surface area contributed by atoms with Crippen molar-refractivity contribution in [2.45, 2.75) is 19.9 Å². The Labute approximate surface area is 120 Å². The van der Waals surface area contributed by atoms with Crippen LogP contribution in [0.4, 0.5) is 0 Å². The fourth-order valence-electron chi connectivity index (χ4n) is 2.18. The SMILES string of the molecule is CCc1c(C(=O)OC)nnn1Cc1nc2ccccc2o1. The van der Waals surface area contributed by atoms with Crippen LogP contribution in [0.2, 0.25) is 0 Å². The Bertz CT molecular complexity index is 757. The Hall–Kier alpha value is -2.70. The molecule has 1 aromatic carbocycles. The number of oxazole rings is 1. The molecule has 7 heteroatoms. The maximum Gasteiger partial charge on any atom is 0.360 e. The first-order valence-electron chi connectivity index (χ1n) is 6.58. The summed E-state index contributed by atoms with van der Waals surface area (Å²) in [6, 6.07) is 7.52. The van der Waals surface area contributed by atoms with Gasteiger partial charge >= 0.3 is 5.97 Å². The molecule has 2 heterocycles. The Morgan fingerprint density at radius 3 is 2.90 bits per heavy atom. The van der Waals surface area contributed by atoms with Gasteiger partial charge in [-0.15, -0.1) is 5.10 Å². The van der Waals surface area contributed by atoms with E-state index in [0.29, 0.717) is 24.6 Å². The molecule has 2 aromatic heterocycles. The van der Waals surface area contributed by atoms with Crippen LogP contribution >= 0.6 is 0 Å². The zero-order chi connectivity index (χ0) is 14.8. The van der Waals surface area contributed by atoms with Crippen LogP contribution in [-0.4, -0.2) is 33.1 Å². The molecule has 0 amide bonds. The van der Waals surface area contributed by atoms with Gasteiger partial charge in [0.15, 0.2) is 11.3 Å². The van der Waals surface area contributed by atoms with Gasteiger partial charge in [-0.3, -0.25) is 0 Å². The number of aromatic nitrogens is 4. The van der Waals surface area contributed by atoms with Crippen molar-refractivity contribution in [1.82, 2.24) is 20.0 Å². The van der Waals surface area contributed by atoms with Gasteiger partial charge in [-0.25, -0.2) is 14.5 Å². The number of nitrogens with zero attached hydrogens (tertiary/aromatic N) is 4. The van der Waals surface area contributed by atoms with Crippen LogP contribution in [-0.2, 0) is 17.7 Å². The molecule has 0 aliphatic heterocycles. The number of hydrogen-bond donors (Lipinski definition) is 0. The number of ether oxygens (including phenoxy) is 1. The molecule has 0 aliphatic carbocycles. The molecular weight excluding hydrogens is 272 g/mol. The second-order valence-corrected chi connectivity index (χ2v) is 4.46. The van der Waals surface area contributed by atoms with Gasteiger partial charge in [-0.2, -0.15) is 0 Å². The summed E-state index contributed by atoms with van der Waals surface area (Å²) in [6.45, 7) is 2.25. The Morgan fingerprint density at radius 2 is 2.19 bits per heavy atom. The summed E-state index contributed by atoms with van der Waals surface area (Å²) >= 11 is 0. The van der Waals surface area contributed by atoms with E-state index < -0.39 is 5.97 Å². The fourth-order valence-corrected chi connectivity index (χ4v) is 2.18. The number of hydrogen-bond acceptors (Lipinski definition) is 6. The molecule has 7 nitrogen and oxygen atoms in total. The minimum absolute atomic E-state index is 0.233. The minimum atomic E-state index is -0.490. The molecule has 3 aromatic rings. The average molecular weight is 286 g/mol. The second-order valence-electron chi connectivity index (χ2n) is 4.46. The maximum atomic E-state index is 11.6. The largest absolute Gasteiger partial charge is 0.464 e. The van der Waals surface area contributed by atoms with Gasteiger partial charge in [-0.1, -0.05) is 24.3 Å². The molecule has 0 saturated carbocycles. The van der Waals surface area contributed by atoms with Gasteiger partial charge < -0.3 is 9.15 Å². The summed E-state index contributed by atoms with van der Waals surface area (Å²) < 4.78 is 12.0. The van der Waals surface area contributed by atoms with Crippen LogP contribution < -0.4 is 0 Å². The predicted octanol–water partition coefficient (Wildman–Crippen LogP) is 1.82. The lowest BCUT2D eigenvalue weighted by molar-refractivity contribution is 0.0592. The van der Waals surface area contributed by atoms with Crippen molar-refractivity contribution in [2.24, 2.45) is 0 Å². The minimum Gasteiger partial charge on any atom is -0.464 e. The molecule has 0 N–H and O–H groups in total. The molecular formula is C14H14N4O3. The molecule has 21 heavy (non-hydrogen) atoms. The first-order valence-corrected chi connectivity index (χ1v) is 6.58. The first kappa shape index (κ1) is 13.3. The van der Waals surface area contributed by atoms with Gasteiger partial charge in [0.05, 0.1) is 12.8 Å². The molecule has 0 spiro atoms. The standard InChI is InChI=1S/C14H14N4O3/c1-3-10-13(14(19)20-2)16-17-18(10)8-12-15-9-6-4-5-7-11(9)21-12/h4-7H,3,8H2,1-2H3. The van der Waals surface area contributed by atoms with Gasteiger partial charge in [0.25, 0.3) is 0 Å². The van der Waals surface area contributed by atoms with Gasteiger partial charge in [-0.05, 0) is 18.6 Å². The monoisotopic (exact) mass is 286 g/mol. The first-order chi connectivity index (χ1) is 10.2. The van der Waals surface area contributed by atoms with Gasteiger partial charge in [0.2, 0.25) is 5.89 Å². The average Bonchev–Trinajstić information content (AvgIpc) is 3.09. The van der Waals surface area contributed by atoms with E-state index in [9.17, 15) is 4.79 Å². The smallest absolute Gasteiger partial charge is 0.360 e. The van der Waals surface area contributed by atoms with Crippen molar-refractivity contribution in [3.63, 3.8) is 0 Å². The van der Waals surface area contributed by atoms with Gasteiger partial charge in [0, 0.05) is 0 Å². The van der Waals surface area contributed by atoms with Crippen LogP contribution in [0.1, 0.15) is 29.0 Å². The van der Waals surface area contributed by atoms with Crippen molar-refractivity contribution < 1.29 is 13.9 Å². The highest BCUT2D eigenvalue weighted by atomic mass is 16.5. The fraction of sp³-hybridized carbons (Fsp3) is 0.286. The van der Waals surface area contributed by atoms with Crippen molar-refractivity contribution >= 4 is 17.1 Å². The number of methoxy groups -OCH3 is 1. The molecule has 0 bridgehead atoms. The Balaban J connectivity index is 1.94. The van der Waals surface area contributed by atoms with Crippen molar-refractivity contribution in [1.29, 1.82) is 0 Å². The number of carbonyl (C=O) groups is 1. The quantitative estimate of drug-likeness (QED) is 0.680. The van der Waals surface area contributed by atoms with Crippen LogP contribution in [0.15, 0.2) is 28.7 Å². The summed E-state index contributed by atoms with van der Waals surface area (Å²) in [5, 5.41) is 7.86. The van der Waals surface area contributed by atoms with E-state index in [2.05, 4.69) is 15.3 Å². The van der Waals surface area contributed by atoms with E-state index >= 15 is 0 Å². The van der Waals surface area contributed by atoms with Crippen LogP contribution in [0, 0.1) is 0 Å². The van der Waals surface area contributed by atoms with Crippen LogP contribution in [0.25, 0.3) is 11.1 Å². The number of carbonyl (C=O) groups excluding carboxylic acids is 1. The Morgan fingerprint density at radius 1 is 1.38 bits per heavy atom. The van der Waals surface area contributed by atoms with Crippen LogP contribution in [0.5, 0.6) is 0 Å². The summed E-state index contributed by atoms with van der Waals surface area (Å²) in [5.41, 5.74) is 2.44. The summed E-state index contributed by atoms with van der Waals surface area (Å²) in [6.07, 6.45) is 0.609.